The van der Waals surface area contributed by atoms with Gasteiger partial charge in [0.15, 0.2) is 0 Å². The second-order valence-electron chi connectivity index (χ2n) is 5.82. The van der Waals surface area contributed by atoms with Crippen LogP contribution in [0.15, 0.2) is 0 Å². The molecule has 1 fully saturated rings. The van der Waals surface area contributed by atoms with Crippen LogP contribution in [0.5, 0.6) is 0 Å². The lowest BCUT2D eigenvalue weighted by atomic mass is 10.1. The van der Waals surface area contributed by atoms with Gasteiger partial charge in [-0.2, -0.15) is 0 Å². The first-order valence-electron chi connectivity index (χ1n) is 7.72. The molecule has 1 saturated heterocycles. The van der Waals surface area contributed by atoms with Crippen molar-refractivity contribution in [3.63, 3.8) is 0 Å². The van der Waals surface area contributed by atoms with Crippen LogP contribution in [0.3, 0.4) is 0 Å². The zero-order chi connectivity index (χ0) is 14.3. The van der Waals surface area contributed by atoms with Crippen molar-refractivity contribution >= 4 is 5.97 Å². The molecule has 0 amide bonds. The number of hydrogen-bond acceptors (Lipinski definition) is 4. The standard InChI is InChI=1S/C15H30N2O2/c1-5-14(15(18)19-6-2)17(10-12(3)4)11-13-8-7-9-16-13/h12-14,16H,5-11H2,1-4H3. The Morgan fingerprint density at radius 3 is 2.63 bits per heavy atom. The number of carbonyl (C=O) groups excluding carboxylic acids is 1. The van der Waals surface area contributed by atoms with Crippen molar-refractivity contribution in [1.29, 1.82) is 0 Å². The molecule has 4 heteroatoms. The van der Waals surface area contributed by atoms with Crippen LogP contribution < -0.4 is 5.32 Å². The number of rotatable bonds is 8. The third-order valence-electron chi connectivity index (χ3n) is 3.60. The Bertz CT molecular complexity index is 263. The van der Waals surface area contributed by atoms with Gasteiger partial charge in [0, 0.05) is 19.1 Å². The summed E-state index contributed by atoms with van der Waals surface area (Å²) in [4.78, 5) is 14.4. The Kier molecular flexibility index (Phi) is 7.39. The molecule has 112 valence electrons. The minimum atomic E-state index is -0.0928. The lowest BCUT2D eigenvalue weighted by Gasteiger charge is -2.32. The minimum absolute atomic E-state index is 0.0661. The molecule has 1 heterocycles. The Hall–Kier alpha value is -0.610. The average Bonchev–Trinajstić information content (AvgIpc) is 2.82. The van der Waals surface area contributed by atoms with E-state index in [2.05, 4.69) is 31.0 Å². The van der Waals surface area contributed by atoms with Crippen LogP contribution in [0.2, 0.25) is 0 Å². The summed E-state index contributed by atoms with van der Waals surface area (Å²) in [5, 5.41) is 3.52. The normalized spacial score (nSPS) is 21.1. The molecule has 2 atom stereocenters. The number of ether oxygens (including phenoxy) is 1. The molecular weight excluding hydrogens is 240 g/mol. The molecule has 1 aliphatic rings. The monoisotopic (exact) mass is 270 g/mol. The molecule has 0 aromatic heterocycles. The SMILES string of the molecule is CCOC(=O)C(CC)N(CC(C)C)CC1CCCN1. The smallest absolute Gasteiger partial charge is 0.323 e. The summed E-state index contributed by atoms with van der Waals surface area (Å²) in [5.41, 5.74) is 0. The van der Waals surface area contributed by atoms with Crippen molar-refractivity contribution in [2.24, 2.45) is 5.92 Å². The summed E-state index contributed by atoms with van der Waals surface area (Å²) < 4.78 is 5.22. The fourth-order valence-electron chi connectivity index (χ4n) is 2.81. The van der Waals surface area contributed by atoms with Crippen LogP contribution in [0.1, 0.15) is 47.0 Å². The zero-order valence-electron chi connectivity index (χ0n) is 12.9. The number of nitrogens with one attached hydrogen (secondary N) is 1. The van der Waals surface area contributed by atoms with E-state index in [-0.39, 0.29) is 12.0 Å². The van der Waals surface area contributed by atoms with E-state index in [1.165, 1.54) is 12.8 Å². The fraction of sp³-hybridized carbons (Fsp3) is 0.933. The number of nitrogens with zero attached hydrogens (tertiary/aromatic N) is 1. The maximum Gasteiger partial charge on any atom is 0.323 e. The summed E-state index contributed by atoms with van der Waals surface area (Å²) in [7, 11) is 0. The molecule has 1 aliphatic heterocycles. The lowest BCUT2D eigenvalue weighted by molar-refractivity contribution is -0.150. The summed E-state index contributed by atoms with van der Waals surface area (Å²) in [5.74, 6) is 0.494. The third-order valence-corrected chi connectivity index (χ3v) is 3.60. The summed E-state index contributed by atoms with van der Waals surface area (Å²) in [6.45, 7) is 11.8. The van der Waals surface area contributed by atoms with Crippen LogP contribution in [0, 0.1) is 5.92 Å². The van der Waals surface area contributed by atoms with Gasteiger partial charge in [-0.15, -0.1) is 0 Å². The van der Waals surface area contributed by atoms with Gasteiger partial charge in [-0.1, -0.05) is 20.8 Å². The predicted molar refractivity (Wildman–Crippen MR) is 78.1 cm³/mol. The molecule has 0 saturated carbocycles. The van der Waals surface area contributed by atoms with E-state index in [0.29, 0.717) is 18.6 Å². The average molecular weight is 270 g/mol. The summed E-state index contributed by atoms with van der Waals surface area (Å²) in [6, 6.07) is 0.437. The van der Waals surface area contributed by atoms with E-state index in [1.807, 2.05) is 6.92 Å². The highest BCUT2D eigenvalue weighted by Crippen LogP contribution is 2.14. The highest BCUT2D eigenvalue weighted by molar-refractivity contribution is 5.75. The highest BCUT2D eigenvalue weighted by atomic mass is 16.5. The first kappa shape index (κ1) is 16.4. The van der Waals surface area contributed by atoms with Crippen LogP contribution in [0.4, 0.5) is 0 Å². The quantitative estimate of drug-likeness (QED) is 0.685. The second kappa shape index (κ2) is 8.54. The molecule has 1 N–H and O–H groups in total. The van der Waals surface area contributed by atoms with Gasteiger partial charge < -0.3 is 10.1 Å². The fourth-order valence-corrected chi connectivity index (χ4v) is 2.81. The van der Waals surface area contributed by atoms with E-state index in [1.54, 1.807) is 0 Å². The Morgan fingerprint density at radius 2 is 2.16 bits per heavy atom. The number of esters is 1. The molecule has 1 rings (SSSR count). The summed E-state index contributed by atoms with van der Waals surface area (Å²) >= 11 is 0. The second-order valence-corrected chi connectivity index (χ2v) is 5.82. The first-order chi connectivity index (χ1) is 9.08. The van der Waals surface area contributed by atoms with Crippen molar-refractivity contribution in [3.8, 4) is 0 Å². The van der Waals surface area contributed by atoms with Crippen LogP contribution in [-0.2, 0) is 9.53 Å². The van der Waals surface area contributed by atoms with Gasteiger partial charge in [-0.3, -0.25) is 9.69 Å². The Balaban J connectivity index is 2.65. The molecule has 4 nitrogen and oxygen atoms in total. The largest absolute Gasteiger partial charge is 0.465 e. The van der Waals surface area contributed by atoms with Crippen molar-refractivity contribution in [2.75, 3.05) is 26.2 Å². The van der Waals surface area contributed by atoms with E-state index in [0.717, 1.165) is 26.1 Å². The van der Waals surface area contributed by atoms with Gasteiger partial charge >= 0.3 is 5.97 Å². The molecule has 2 unspecified atom stereocenters. The van der Waals surface area contributed by atoms with E-state index >= 15 is 0 Å². The Labute approximate surface area is 117 Å². The van der Waals surface area contributed by atoms with Gasteiger partial charge in [0.25, 0.3) is 0 Å². The van der Waals surface area contributed by atoms with Crippen LogP contribution in [-0.4, -0.2) is 49.2 Å². The topological polar surface area (TPSA) is 41.6 Å². The molecule has 0 bridgehead atoms. The van der Waals surface area contributed by atoms with Crippen molar-refractivity contribution in [2.45, 2.75) is 59.0 Å². The zero-order valence-corrected chi connectivity index (χ0v) is 12.9. The third kappa shape index (κ3) is 5.49. The molecule has 0 aliphatic carbocycles. The molecule has 0 aromatic rings. The molecule has 0 spiro atoms. The Morgan fingerprint density at radius 1 is 1.42 bits per heavy atom. The maximum absolute atomic E-state index is 12.1. The van der Waals surface area contributed by atoms with Crippen molar-refractivity contribution in [3.05, 3.63) is 0 Å². The van der Waals surface area contributed by atoms with E-state index in [4.69, 9.17) is 4.74 Å². The van der Waals surface area contributed by atoms with Gasteiger partial charge in [0.2, 0.25) is 0 Å². The molecule has 19 heavy (non-hydrogen) atoms. The molecular formula is C15H30N2O2. The summed E-state index contributed by atoms with van der Waals surface area (Å²) in [6.07, 6.45) is 3.28. The van der Waals surface area contributed by atoms with E-state index < -0.39 is 0 Å². The van der Waals surface area contributed by atoms with Gasteiger partial charge in [0.1, 0.15) is 6.04 Å². The van der Waals surface area contributed by atoms with Crippen molar-refractivity contribution < 1.29 is 9.53 Å². The van der Waals surface area contributed by atoms with Crippen molar-refractivity contribution in [1.82, 2.24) is 10.2 Å². The molecule has 0 aromatic carbocycles. The van der Waals surface area contributed by atoms with Crippen LogP contribution in [0.25, 0.3) is 0 Å². The van der Waals surface area contributed by atoms with Gasteiger partial charge in [0.05, 0.1) is 6.61 Å². The highest BCUT2D eigenvalue weighted by Gasteiger charge is 2.28. The minimum Gasteiger partial charge on any atom is -0.465 e. The predicted octanol–water partition coefficient (Wildman–Crippen LogP) is 2.04. The van der Waals surface area contributed by atoms with Gasteiger partial charge in [-0.05, 0) is 38.6 Å². The van der Waals surface area contributed by atoms with Crippen LogP contribution >= 0.6 is 0 Å². The molecule has 0 radical (unpaired) electrons. The maximum atomic E-state index is 12.1. The number of carbonyl (C=O) groups is 1. The number of hydrogen-bond donors (Lipinski definition) is 1. The first-order valence-corrected chi connectivity index (χ1v) is 7.72. The van der Waals surface area contributed by atoms with Gasteiger partial charge in [-0.25, -0.2) is 0 Å². The van der Waals surface area contributed by atoms with E-state index in [9.17, 15) is 4.79 Å². The lowest BCUT2D eigenvalue weighted by Crippen LogP contribution is -2.48.